The lowest BCUT2D eigenvalue weighted by Gasteiger charge is -2.07. The molecule has 0 aliphatic carbocycles. The van der Waals surface area contributed by atoms with Crippen LogP contribution in [-0.4, -0.2) is 11.6 Å². The number of rotatable bonds is 5. The maximum Gasteiger partial charge on any atom is 0.196 e. The lowest BCUT2D eigenvalue weighted by Crippen LogP contribution is -2.13. The van der Waals surface area contributed by atoms with Crippen LogP contribution in [-0.2, 0) is 0 Å². The van der Waals surface area contributed by atoms with E-state index in [0.717, 1.165) is 11.1 Å². The second kappa shape index (κ2) is 7.54. The molecule has 0 bridgehead atoms. The quantitative estimate of drug-likeness (QED) is 0.281. The van der Waals surface area contributed by atoms with E-state index >= 15 is 0 Å². The highest BCUT2D eigenvalue weighted by Crippen LogP contribution is 2.18. The van der Waals surface area contributed by atoms with Gasteiger partial charge in [-0.05, 0) is 18.6 Å². The van der Waals surface area contributed by atoms with Crippen LogP contribution >= 0.6 is 0 Å². The van der Waals surface area contributed by atoms with Crippen molar-refractivity contribution in [3.63, 3.8) is 0 Å². The molecule has 0 unspecified atom stereocenters. The van der Waals surface area contributed by atoms with Gasteiger partial charge in [-0.15, -0.1) is 0 Å². The van der Waals surface area contributed by atoms with Gasteiger partial charge in [-0.25, -0.2) is 0 Å². The number of benzene rings is 3. The summed E-state index contributed by atoms with van der Waals surface area (Å²) in [5.41, 5.74) is 3.13. The standard InChI is InChI=1S/C23H18O2/c1-17-12-14-18(15-13-17)16-21(22(24)19-8-4-2-5-9-19)23(25)20-10-6-3-7-11-20/h2-16H,1H3. The SMILES string of the molecule is Cc1ccc(C=C(C(=O)c2ccccc2)C(=O)c2ccccc2)cc1. The molecule has 0 saturated carbocycles. The minimum Gasteiger partial charge on any atom is -0.288 e. The molecule has 0 amide bonds. The Balaban J connectivity index is 2.06. The third kappa shape index (κ3) is 3.99. The van der Waals surface area contributed by atoms with E-state index in [-0.39, 0.29) is 17.1 Å². The first-order chi connectivity index (χ1) is 12.1. The molecule has 3 rings (SSSR count). The molecule has 0 N–H and O–H groups in total. The van der Waals surface area contributed by atoms with Crippen molar-refractivity contribution in [2.24, 2.45) is 0 Å². The molecule has 0 heterocycles. The first kappa shape index (κ1) is 16.6. The Bertz CT molecular complexity index is 852. The van der Waals surface area contributed by atoms with E-state index in [2.05, 4.69) is 0 Å². The second-order valence-electron chi connectivity index (χ2n) is 5.86. The van der Waals surface area contributed by atoms with Gasteiger partial charge in [0.15, 0.2) is 11.6 Å². The van der Waals surface area contributed by atoms with E-state index in [1.807, 2.05) is 43.3 Å². The zero-order chi connectivity index (χ0) is 17.6. The van der Waals surface area contributed by atoms with Crippen LogP contribution in [0.4, 0.5) is 0 Å². The van der Waals surface area contributed by atoms with Crippen molar-refractivity contribution in [1.29, 1.82) is 0 Å². The summed E-state index contributed by atoms with van der Waals surface area (Å²) in [4.78, 5) is 25.9. The van der Waals surface area contributed by atoms with Gasteiger partial charge in [0.2, 0.25) is 0 Å². The summed E-state index contributed by atoms with van der Waals surface area (Å²) < 4.78 is 0. The number of allylic oxidation sites excluding steroid dienone is 1. The Morgan fingerprint density at radius 2 is 1.08 bits per heavy atom. The van der Waals surface area contributed by atoms with Crippen LogP contribution in [0.5, 0.6) is 0 Å². The van der Waals surface area contributed by atoms with Gasteiger partial charge in [0.05, 0.1) is 5.57 Å². The first-order valence-corrected chi connectivity index (χ1v) is 8.13. The zero-order valence-electron chi connectivity index (χ0n) is 14.0. The van der Waals surface area contributed by atoms with E-state index in [0.29, 0.717) is 11.1 Å². The normalized spacial score (nSPS) is 10.1. The minimum atomic E-state index is -0.268. The highest BCUT2D eigenvalue weighted by atomic mass is 16.1. The Kier molecular flexibility index (Phi) is 5.00. The monoisotopic (exact) mass is 326 g/mol. The third-order valence-electron chi connectivity index (χ3n) is 3.95. The van der Waals surface area contributed by atoms with Gasteiger partial charge < -0.3 is 0 Å². The van der Waals surface area contributed by atoms with Crippen LogP contribution in [0.3, 0.4) is 0 Å². The molecule has 0 aliphatic rings. The number of ketones is 2. The second-order valence-corrected chi connectivity index (χ2v) is 5.86. The number of hydrogen-bond acceptors (Lipinski definition) is 2. The molecule has 0 atom stereocenters. The summed E-state index contributed by atoms with van der Waals surface area (Å²) in [5.74, 6) is -0.537. The van der Waals surface area contributed by atoms with Crippen molar-refractivity contribution in [2.75, 3.05) is 0 Å². The van der Waals surface area contributed by atoms with Gasteiger partial charge >= 0.3 is 0 Å². The Morgan fingerprint density at radius 1 is 0.640 bits per heavy atom. The van der Waals surface area contributed by atoms with Crippen LogP contribution in [0, 0.1) is 6.92 Å². The topological polar surface area (TPSA) is 34.1 Å². The Hall–Kier alpha value is -3.26. The Morgan fingerprint density at radius 3 is 1.52 bits per heavy atom. The van der Waals surface area contributed by atoms with Crippen LogP contribution in [0.25, 0.3) is 6.08 Å². The lowest BCUT2D eigenvalue weighted by molar-refractivity contribution is 0.0964. The van der Waals surface area contributed by atoms with Gasteiger partial charge in [-0.3, -0.25) is 9.59 Å². The molecule has 2 heteroatoms. The number of hydrogen-bond donors (Lipinski definition) is 0. The summed E-state index contributed by atoms with van der Waals surface area (Å²) in [6.45, 7) is 2.00. The molecule has 2 nitrogen and oxygen atoms in total. The fourth-order valence-electron chi connectivity index (χ4n) is 2.55. The summed E-state index contributed by atoms with van der Waals surface area (Å²) in [6.07, 6.45) is 1.67. The van der Waals surface area contributed by atoms with E-state index < -0.39 is 0 Å². The smallest absolute Gasteiger partial charge is 0.196 e. The van der Waals surface area contributed by atoms with Gasteiger partial charge in [0, 0.05) is 11.1 Å². The molecule has 3 aromatic carbocycles. The fourth-order valence-corrected chi connectivity index (χ4v) is 2.55. The van der Waals surface area contributed by atoms with Gasteiger partial charge in [0.25, 0.3) is 0 Å². The average Bonchev–Trinajstić information content (AvgIpc) is 2.68. The highest BCUT2D eigenvalue weighted by molar-refractivity contribution is 6.33. The molecule has 122 valence electrons. The maximum atomic E-state index is 12.9. The van der Waals surface area contributed by atoms with E-state index in [4.69, 9.17) is 0 Å². The van der Waals surface area contributed by atoms with Gasteiger partial charge in [-0.1, -0.05) is 90.5 Å². The molecule has 3 aromatic rings. The summed E-state index contributed by atoms with van der Waals surface area (Å²) >= 11 is 0. The van der Waals surface area contributed by atoms with Crippen molar-refractivity contribution >= 4 is 17.6 Å². The lowest BCUT2D eigenvalue weighted by atomic mass is 9.94. The van der Waals surface area contributed by atoms with Crippen LogP contribution in [0.1, 0.15) is 31.8 Å². The largest absolute Gasteiger partial charge is 0.288 e. The Labute approximate surface area is 147 Å². The van der Waals surface area contributed by atoms with Crippen LogP contribution in [0.2, 0.25) is 0 Å². The highest BCUT2D eigenvalue weighted by Gasteiger charge is 2.21. The summed E-state index contributed by atoms with van der Waals surface area (Å²) in [6, 6.07) is 25.5. The summed E-state index contributed by atoms with van der Waals surface area (Å²) in [7, 11) is 0. The molecule has 0 radical (unpaired) electrons. The van der Waals surface area contributed by atoms with Gasteiger partial charge in [-0.2, -0.15) is 0 Å². The van der Waals surface area contributed by atoms with Gasteiger partial charge in [0.1, 0.15) is 0 Å². The van der Waals surface area contributed by atoms with Crippen LogP contribution < -0.4 is 0 Å². The third-order valence-corrected chi connectivity index (χ3v) is 3.95. The van der Waals surface area contributed by atoms with Crippen molar-refractivity contribution in [2.45, 2.75) is 6.92 Å². The van der Waals surface area contributed by atoms with E-state index in [1.54, 1.807) is 54.6 Å². The number of carbonyl (C=O) groups is 2. The molecular formula is C23H18O2. The molecule has 25 heavy (non-hydrogen) atoms. The molecule has 0 fully saturated rings. The van der Waals surface area contributed by atoms with Crippen LogP contribution in [0.15, 0.2) is 90.5 Å². The predicted octanol–water partition coefficient (Wildman–Crippen LogP) is 5.14. The number of carbonyl (C=O) groups excluding carboxylic acids is 2. The molecule has 0 saturated heterocycles. The van der Waals surface area contributed by atoms with E-state index in [1.165, 1.54) is 0 Å². The summed E-state index contributed by atoms with van der Waals surface area (Å²) in [5, 5.41) is 0. The van der Waals surface area contributed by atoms with Crippen molar-refractivity contribution in [1.82, 2.24) is 0 Å². The first-order valence-electron chi connectivity index (χ1n) is 8.13. The van der Waals surface area contributed by atoms with Crippen molar-refractivity contribution < 1.29 is 9.59 Å². The van der Waals surface area contributed by atoms with Crippen molar-refractivity contribution in [3.05, 3.63) is 113 Å². The molecular weight excluding hydrogens is 308 g/mol. The average molecular weight is 326 g/mol. The predicted molar refractivity (Wildman–Crippen MR) is 101 cm³/mol. The zero-order valence-corrected chi connectivity index (χ0v) is 14.0. The molecule has 0 spiro atoms. The molecule has 0 aromatic heterocycles. The fraction of sp³-hybridized carbons (Fsp3) is 0.0435. The minimum absolute atomic E-state index is 0.168. The maximum absolute atomic E-state index is 12.9. The number of Topliss-reactive ketones (excluding diaryl/α,β-unsaturated/α-hetero) is 2. The molecule has 0 aliphatic heterocycles. The van der Waals surface area contributed by atoms with E-state index in [9.17, 15) is 9.59 Å². The number of aryl methyl sites for hydroxylation is 1. The van der Waals surface area contributed by atoms with Crippen molar-refractivity contribution in [3.8, 4) is 0 Å².